The molecule has 0 spiro atoms. The van der Waals surface area contributed by atoms with Gasteiger partial charge in [-0.05, 0) is 61.7 Å². The fourth-order valence-corrected chi connectivity index (χ4v) is 6.47. The normalized spacial score (nSPS) is 11.9. The van der Waals surface area contributed by atoms with Crippen molar-refractivity contribution in [2.45, 2.75) is 44.7 Å². The number of likely N-dealkylation sites (N-methyl/N-ethyl adjacent to an activating group) is 1. The predicted octanol–water partition coefficient (Wildman–Crippen LogP) is 5.93. The number of nitrogens with zero attached hydrogens (tertiary/aromatic N) is 2. The van der Waals surface area contributed by atoms with Crippen molar-refractivity contribution in [3.05, 3.63) is 130 Å². The maximum atomic E-state index is 14.4. The van der Waals surface area contributed by atoms with Crippen molar-refractivity contribution < 1.29 is 18.0 Å². The van der Waals surface area contributed by atoms with Crippen LogP contribution in [0.25, 0.3) is 0 Å². The minimum atomic E-state index is -4.20. The second kappa shape index (κ2) is 14.4. The SMILES string of the molecule is CCNC(=O)[C@H](Cc1ccccc1)N(Cc1ccccc1)C(=O)CN(c1cc(Cl)ccc1C)S(=O)(=O)c1ccc(C)cc1. The Balaban J connectivity index is 1.81. The molecule has 0 heterocycles. The van der Waals surface area contributed by atoms with Crippen molar-refractivity contribution in [3.8, 4) is 0 Å². The Morgan fingerprint density at radius 1 is 0.837 bits per heavy atom. The third-order valence-electron chi connectivity index (χ3n) is 7.15. The fourth-order valence-electron chi connectivity index (χ4n) is 4.83. The lowest BCUT2D eigenvalue weighted by Crippen LogP contribution is -2.53. The van der Waals surface area contributed by atoms with Crippen LogP contribution in [-0.4, -0.2) is 44.3 Å². The molecule has 0 fully saturated rings. The van der Waals surface area contributed by atoms with Crippen LogP contribution in [0, 0.1) is 13.8 Å². The fraction of sp³-hybridized carbons (Fsp3) is 0.235. The summed E-state index contributed by atoms with van der Waals surface area (Å²) in [7, 11) is -4.20. The highest BCUT2D eigenvalue weighted by Crippen LogP contribution is 2.30. The molecule has 0 aliphatic rings. The van der Waals surface area contributed by atoms with E-state index in [1.165, 1.54) is 17.0 Å². The second-order valence-electron chi connectivity index (χ2n) is 10.4. The van der Waals surface area contributed by atoms with Gasteiger partial charge in [0.1, 0.15) is 12.6 Å². The van der Waals surface area contributed by atoms with E-state index >= 15 is 0 Å². The molecule has 0 aromatic heterocycles. The van der Waals surface area contributed by atoms with Gasteiger partial charge in [-0.25, -0.2) is 8.42 Å². The van der Waals surface area contributed by atoms with Gasteiger partial charge in [0.25, 0.3) is 10.0 Å². The topological polar surface area (TPSA) is 86.8 Å². The molecule has 9 heteroatoms. The number of aryl methyl sites for hydroxylation is 2. The molecule has 7 nitrogen and oxygen atoms in total. The predicted molar refractivity (Wildman–Crippen MR) is 172 cm³/mol. The highest BCUT2D eigenvalue weighted by Gasteiger charge is 2.35. The highest BCUT2D eigenvalue weighted by atomic mass is 35.5. The van der Waals surface area contributed by atoms with Crippen molar-refractivity contribution in [1.82, 2.24) is 10.2 Å². The van der Waals surface area contributed by atoms with Gasteiger partial charge < -0.3 is 10.2 Å². The molecule has 0 aliphatic heterocycles. The number of hydrogen-bond donors (Lipinski definition) is 1. The number of carbonyl (C=O) groups is 2. The Labute approximate surface area is 259 Å². The van der Waals surface area contributed by atoms with Crippen LogP contribution < -0.4 is 9.62 Å². The number of rotatable bonds is 12. The summed E-state index contributed by atoms with van der Waals surface area (Å²) in [5.41, 5.74) is 3.51. The van der Waals surface area contributed by atoms with Crippen LogP contribution >= 0.6 is 11.6 Å². The first-order valence-electron chi connectivity index (χ1n) is 14.1. The molecule has 0 unspecified atom stereocenters. The first kappa shape index (κ1) is 31.8. The summed E-state index contributed by atoms with van der Waals surface area (Å²) in [6.45, 7) is 5.42. The zero-order valence-electron chi connectivity index (χ0n) is 24.5. The van der Waals surface area contributed by atoms with Crippen LogP contribution in [0.2, 0.25) is 5.02 Å². The van der Waals surface area contributed by atoms with E-state index in [4.69, 9.17) is 11.6 Å². The summed E-state index contributed by atoms with van der Waals surface area (Å²) in [5, 5.41) is 3.20. The average molecular weight is 618 g/mol. The van der Waals surface area contributed by atoms with Gasteiger partial charge in [-0.3, -0.25) is 13.9 Å². The molecule has 224 valence electrons. The van der Waals surface area contributed by atoms with Crippen molar-refractivity contribution in [2.75, 3.05) is 17.4 Å². The number of benzene rings is 4. The highest BCUT2D eigenvalue weighted by molar-refractivity contribution is 7.92. The van der Waals surface area contributed by atoms with Crippen LogP contribution in [0.5, 0.6) is 0 Å². The van der Waals surface area contributed by atoms with Crippen molar-refractivity contribution in [1.29, 1.82) is 0 Å². The van der Waals surface area contributed by atoms with E-state index in [-0.39, 0.29) is 23.8 Å². The summed E-state index contributed by atoms with van der Waals surface area (Å²) < 4.78 is 29.4. The third-order valence-corrected chi connectivity index (χ3v) is 9.15. The van der Waals surface area contributed by atoms with Gasteiger partial charge in [-0.2, -0.15) is 0 Å². The lowest BCUT2D eigenvalue weighted by atomic mass is 10.0. The van der Waals surface area contributed by atoms with Crippen LogP contribution in [0.4, 0.5) is 5.69 Å². The zero-order chi connectivity index (χ0) is 31.0. The summed E-state index contributed by atoms with van der Waals surface area (Å²) in [5.74, 6) is -0.839. The van der Waals surface area contributed by atoms with Gasteiger partial charge in [0.15, 0.2) is 0 Å². The lowest BCUT2D eigenvalue weighted by molar-refractivity contribution is -0.140. The molecule has 4 aromatic carbocycles. The molecule has 1 atom stereocenters. The van der Waals surface area contributed by atoms with Crippen LogP contribution in [-0.2, 0) is 32.6 Å². The average Bonchev–Trinajstić information content (AvgIpc) is 3.00. The molecule has 4 rings (SSSR count). The molecule has 0 aliphatic carbocycles. The molecule has 1 N–H and O–H groups in total. The van der Waals surface area contributed by atoms with E-state index in [0.717, 1.165) is 21.0 Å². The third kappa shape index (κ3) is 8.03. The van der Waals surface area contributed by atoms with Crippen molar-refractivity contribution >= 4 is 39.1 Å². The summed E-state index contributed by atoms with van der Waals surface area (Å²) in [4.78, 5) is 29.5. The van der Waals surface area contributed by atoms with Crippen LogP contribution in [0.3, 0.4) is 0 Å². The Hall–Kier alpha value is -4.14. The van der Waals surface area contributed by atoms with E-state index < -0.39 is 28.5 Å². The molecule has 0 saturated carbocycles. The number of nitrogens with one attached hydrogen (secondary N) is 1. The Kier molecular flexibility index (Phi) is 10.6. The molecule has 0 saturated heterocycles. The van der Waals surface area contributed by atoms with E-state index in [9.17, 15) is 18.0 Å². The maximum absolute atomic E-state index is 14.4. The molecule has 4 aromatic rings. The number of hydrogen-bond acceptors (Lipinski definition) is 4. The number of sulfonamides is 1. The number of amides is 2. The molecular weight excluding hydrogens is 582 g/mol. The van der Waals surface area contributed by atoms with Gasteiger partial charge in [0.05, 0.1) is 10.6 Å². The van der Waals surface area contributed by atoms with Crippen molar-refractivity contribution in [3.63, 3.8) is 0 Å². The van der Waals surface area contributed by atoms with E-state index in [1.54, 1.807) is 37.3 Å². The van der Waals surface area contributed by atoms with Gasteiger partial charge in [-0.15, -0.1) is 0 Å². The Bertz CT molecular complexity index is 1650. The number of halogens is 1. The Morgan fingerprint density at radius 2 is 1.44 bits per heavy atom. The summed E-state index contributed by atoms with van der Waals surface area (Å²) in [6, 6.07) is 29.3. The van der Waals surface area contributed by atoms with E-state index in [1.807, 2.05) is 74.5 Å². The van der Waals surface area contributed by atoms with Gasteiger partial charge in [0.2, 0.25) is 11.8 Å². The smallest absolute Gasteiger partial charge is 0.264 e. The van der Waals surface area contributed by atoms with Crippen LogP contribution in [0.1, 0.15) is 29.2 Å². The largest absolute Gasteiger partial charge is 0.355 e. The van der Waals surface area contributed by atoms with Crippen LogP contribution in [0.15, 0.2) is 108 Å². The molecule has 2 amide bonds. The summed E-state index contributed by atoms with van der Waals surface area (Å²) >= 11 is 6.33. The van der Waals surface area contributed by atoms with Gasteiger partial charge in [-0.1, -0.05) is 96.0 Å². The van der Waals surface area contributed by atoms with E-state index in [2.05, 4.69) is 5.32 Å². The lowest BCUT2D eigenvalue weighted by Gasteiger charge is -2.34. The summed E-state index contributed by atoms with van der Waals surface area (Å²) in [6.07, 6.45) is 0.256. The minimum Gasteiger partial charge on any atom is -0.355 e. The first-order valence-corrected chi connectivity index (χ1v) is 15.9. The molecule has 43 heavy (non-hydrogen) atoms. The monoisotopic (exact) mass is 617 g/mol. The standard InChI is InChI=1S/C34H36ClN3O4S/c1-4-36-34(40)32(21-27-11-7-5-8-12-27)37(23-28-13-9-6-10-14-28)33(39)24-38(31-22-29(35)18-17-26(31)3)43(41,42)30-19-15-25(2)16-20-30/h5-20,22,32H,4,21,23-24H2,1-3H3,(H,36,40)/t32-/m0/s1. The first-order chi connectivity index (χ1) is 20.6. The molecule has 0 bridgehead atoms. The second-order valence-corrected chi connectivity index (χ2v) is 12.7. The minimum absolute atomic E-state index is 0.0458. The number of carbonyl (C=O) groups excluding carboxylic acids is 2. The van der Waals surface area contributed by atoms with E-state index in [0.29, 0.717) is 22.8 Å². The zero-order valence-corrected chi connectivity index (χ0v) is 26.1. The quantitative estimate of drug-likeness (QED) is 0.214. The van der Waals surface area contributed by atoms with Gasteiger partial charge in [0, 0.05) is 24.5 Å². The molecular formula is C34H36ClN3O4S. The maximum Gasteiger partial charge on any atom is 0.264 e. The molecule has 0 radical (unpaired) electrons. The van der Waals surface area contributed by atoms with Gasteiger partial charge >= 0.3 is 0 Å². The Morgan fingerprint density at radius 3 is 2.05 bits per heavy atom. The van der Waals surface area contributed by atoms with Crippen molar-refractivity contribution in [2.24, 2.45) is 0 Å². The number of anilines is 1.